The van der Waals surface area contributed by atoms with Crippen LogP contribution in [-0.2, 0) is 19.3 Å². The maximum Gasteiger partial charge on any atom is 0.434 e. The van der Waals surface area contributed by atoms with Gasteiger partial charge in [0.2, 0.25) is 5.28 Å². The van der Waals surface area contributed by atoms with Crippen LogP contribution in [0.3, 0.4) is 0 Å². The molecule has 0 aliphatic carbocycles. The van der Waals surface area contributed by atoms with Gasteiger partial charge in [-0.05, 0) is 31.0 Å². The maximum atomic E-state index is 13.1. The lowest BCUT2D eigenvalue weighted by molar-refractivity contribution is -0.140. The molecule has 3 heterocycles. The smallest absolute Gasteiger partial charge is 0.328 e. The molecule has 11 heteroatoms. The minimum Gasteiger partial charge on any atom is -0.328 e. The predicted molar refractivity (Wildman–Crippen MR) is 110 cm³/mol. The van der Waals surface area contributed by atoms with Crippen molar-refractivity contribution in [3.05, 3.63) is 59.0 Å². The minimum absolute atomic E-state index is 0.105. The van der Waals surface area contributed by atoms with Gasteiger partial charge in [0, 0.05) is 17.8 Å². The molecule has 0 saturated heterocycles. The van der Waals surface area contributed by atoms with Gasteiger partial charge in [-0.2, -0.15) is 18.2 Å². The lowest BCUT2D eigenvalue weighted by Crippen LogP contribution is -2.10. The third kappa shape index (κ3) is 4.13. The lowest BCUT2D eigenvalue weighted by atomic mass is 10.1. The van der Waals surface area contributed by atoms with Gasteiger partial charge in [0.05, 0.1) is 19.3 Å². The van der Waals surface area contributed by atoms with Crippen LogP contribution in [0.2, 0.25) is 5.28 Å². The summed E-state index contributed by atoms with van der Waals surface area (Å²) in [4.78, 5) is 16.4. The van der Waals surface area contributed by atoms with Crippen molar-refractivity contribution in [2.75, 3.05) is 0 Å². The number of alkyl halides is 3. The van der Waals surface area contributed by atoms with Crippen LogP contribution >= 0.6 is 11.6 Å². The molecule has 7 nitrogen and oxygen atoms in total. The highest BCUT2D eigenvalue weighted by Gasteiger charge is 2.35. The molecule has 4 rings (SSSR count). The van der Waals surface area contributed by atoms with Crippen LogP contribution in [0.25, 0.3) is 22.6 Å². The third-order valence-electron chi connectivity index (χ3n) is 4.85. The highest BCUT2D eigenvalue weighted by Crippen LogP contribution is 2.32. The van der Waals surface area contributed by atoms with Gasteiger partial charge in [0.15, 0.2) is 11.3 Å². The third-order valence-corrected chi connectivity index (χ3v) is 5.03. The molecule has 3 aromatic heterocycles. The van der Waals surface area contributed by atoms with E-state index in [1.807, 2.05) is 30.5 Å². The van der Waals surface area contributed by atoms with Crippen LogP contribution < -0.4 is 5.73 Å². The van der Waals surface area contributed by atoms with Crippen LogP contribution in [0, 0.1) is 0 Å². The molecule has 0 radical (unpaired) electrons. The van der Waals surface area contributed by atoms with Gasteiger partial charge < -0.3 is 14.9 Å². The first-order valence-corrected chi connectivity index (χ1v) is 9.88. The van der Waals surface area contributed by atoms with Gasteiger partial charge in [-0.25, -0.2) is 15.0 Å². The van der Waals surface area contributed by atoms with E-state index in [9.17, 15) is 13.2 Å². The molecular formula is C20H19ClF3N7. The van der Waals surface area contributed by atoms with Crippen LogP contribution in [0.4, 0.5) is 13.2 Å². The molecule has 0 saturated carbocycles. The first-order chi connectivity index (χ1) is 14.7. The molecule has 4 aromatic rings. The normalized spacial score (nSPS) is 12.3. The highest BCUT2D eigenvalue weighted by atomic mass is 35.5. The van der Waals surface area contributed by atoms with Gasteiger partial charge >= 0.3 is 6.18 Å². The zero-order valence-corrected chi connectivity index (χ0v) is 17.5. The fourth-order valence-electron chi connectivity index (χ4n) is 3.35. The van der Waals surface area contributed by atoms with Crippen LogP contribution in [-0.4, -0.2) is 29.1 Å². The van der Waals surface area contributed by atoms with Gasteiger partial charge in [-0.15, -0.1) is 0 Å². The number of imidazole rings is 2. The molecular weight excluding hydrogens is 431 g/mol. The summed E-state index contributed by atoms with van der Waals surface area (Å²) in [7, 11) is 0. The van der Waals surface area contributed by atoms with E-state index in [0.29, 0.717) is 29.1 Å². The second kappa shape index (κ2) is 7.93. The number of fused-ring (bicyclic) bond motifs is 1. The number of halogens is 4. The first-order valence-electron chi connectivity index (χ1n) is 9.50. The summed E-state index contributed by atoms with van der Waals surface area (Å²) in [6.45, 7) is 4.25. The zero-order chi connectivity index (χ0) is 22.3. The molecule has 0 unspecified atom stereocenters. The largest absolute Gasteiger partial charge is 0.434 e. The van der Waals surface area contributed by atoms with Crippen molar-refractivity contribution in [2.24, 2.45) is 5.73 Å². The van der Waals surface area contributed by atoms with E-state index >= 15 is 0 Å². The van der Waals surface area contributed by atoms with E-state index in [1.165, 1.54) is 10.8 Å². The summed E-state index contributed by atoms with van der Waals surface area (Å²) < 4.78 is 42.8. The van der Waals surface area contributed by atoms with Crippen molar-refractivity contribution in [1.29, 1.82) is 0 Å². The Balaban J connectivity index is 1.68. The number of hydrogen-bond acceptors (Lipinski definition) is 5. The number of benzene rings is 1. The van der Waals surface area contributed by atoms with Crippen molar-refractivity contribution >= 4 is 22.8 Å². The summed E-state index contributed by atoms with van der Waals surface area (Å²) in [6, 6.07) is 6.99. The fourth-order valence-corrected chi connectivity index (χ4v) is 3.47. The molecule has 0 aliphatic heterocycles. The molecule has 0 aliphatic rings. The van der Waals surface area contributed by atoms with E-state index in [0.717, 1.165) is 11.8 Å². The summed E-state index contributed by atoms with van der Waals surface area (Å²) in [5, 5.41) is 0.105. The molecule has 0 fully saturated rings. The first kappa shape index (κ1) is 21.3. The molecule has 1 aromatic carbocycles. The molecule has 31 heavy (non-hydrogen) atoms. The number of rotatable bonds is 5. The molecule has 162 valence electrons. The van der Waals surface area contributed by atoms with Crippen molar-refractivity contribution < 1.29 is 13.2 Å². The van der Waals surface area contributed by atoms with Crippen LogP contribution in [0.1, 0.15) is 37.0 Å². The van der Waals surface area contributed by atoms with E-state index in [4.69, 9.17) is 17.3 Å². The Kier molecular flexibility index (Phi) is 5.44. The standard InChI is InChI=1S/C20H19ClF3N7/c1-11(2)30-10-15(20(22,23)24)28-17(30)13-5-3-12(4-6-13)9-31-16(7-25)27-14-8-26-19(21)29-18(14)31/h3-6,8,10-11H,7,9,25H2,1-2H3. The predicted octanol–water partition coefficient (Wildman–Crippen LogP) is 4.45. The van der Waals surface area contributed by atoms with Crippen molar-refractivity contribution in [3.63, 3.8) is 0 Å². The summed E-state index contributed by atoms with van der Waals surface area (Å²) in [5.74, 6) is 0.893. The summed E-state index contributed by atoms with van der Waals surface area (Å²) in [6.07, 6.45) is -1.92. The van der Waals surface area contributed by atoms with Crippen LogP contribution in [0.5, 0.6) is 0 Å². The summed E-state index contributed by atoms with van der Waals surface area (Å²) in [5.41, 5.74) is 7.55. The topological polar surface area (TPSA) is 87.4 Å². The molecule has 0 bridgehead atoms. The Hall–Kier alpha value is -2.98. The van der Waals surface area contributed by atoms with Crippen molar-refractivity contribution in [2.45, 2.75) is 39.2 Å². The monoisotopic (exact) mass is 449 g/mol. The van der Waals surface area contributed by atoms with Gasteiger partial charge in [-0.3, -0.25) is 0 Å². The second-order valence-electron chi connectivity index (χ2n) is 7.31. The van der Waals surface area contributed by atoms with E-state index < -0.39 is 11.9 Å². The van der Waals surface area contributed by atoms with E-state index in [2.05, 4.69) is 19.9 Å². The fraction of sp³-hybridized carbons (Fsp3) is 0.300. The Morgan fingerprint density at radius 2 is 1.81 bits per heavy atom. The van der Waals surface area contributed by atoms with Gasteiger partial charge in [0.1, 0.15) is 17.2 Å². The van der Waals surface area contributed by atoms with Gasteiger partial charge in [-0.1, -0.05) is 24.3 Å². The quantitative estimate of drug-likeness (QED) is 0.455. The number of hydrogen-bond donors (Lipinski definition) is 1. The Labute approximate surface area is 180 Å². The molecule has 2 N–H and O–H groups in total. The molecule has 0 amide bonds. The average molecular weight is 450 g/mol. The lowest BCUT2D eigenvalue weighted by Gasteiger charge is -2.12. The Morgan fingerprint density at radius 3 is 2.42 bits per heavy atom. The minimum atomic E-state index is -4.50. The van der Waals surface area contributed by atoms with Gasteiger partial charge in [0.25, 0.3) is 0 Å². The maximum absolute atomic E-state index is 13.1. The molecule has 0 atom stereocenters. The van der Waals surface area contributed by atoms with Crippen molar-refractivity contribution in [3.8, 4) is 11.4 Å². The number of nitrogens with two attached hydrogens (primary N) is 1. The number of nitrogens with zero attached hydrogens (tertiary/aromatic N) is 6. The second-order valence-corrected chi connectivity index (χ2v) is 7.65. The Bertz CT molecular complexity index is 1230. The molecule has 0 spiro atoms. The van der Waals surface area contributed by atoms with Crippen molar-refractivity contribution in [1.82, 2.24) is 29.1 Å². The zero-order valence-electron chi connectivity index (χ0n) is 16.7. The SMILES string of the molecule is CC(C)n1cc(C(F)(F)F)nc1-c1ccc(Cn2c(CN)nc3cnc(Cl)nc32)cc1. The average Bonchev–Trinajstić information content (AvgIpc) is 3.31. The van der Waals surface area contributed by atoms with Crippen LogP contribution in [0.15, 0.2) is 36.7 Å². The highest BCUT2D eigenvalue weighted by molar-refractivity contribution is 6.28. The van der Waals surface area contributed by atoms with E-state index in [1.54, 1.807) is 12.1 Å². The Morgan fingerprint density at radius 1 is 1.10 bits per heavy atom. The number of aromatic nitrogens is 6. The van der Waals surface area contributed by atoms with E-state index in [-0.39, 0.29) is 23.7 Å². The summed E-state index contributed by atoms with van der Waals surface area (Å²) >= 11 is 5.93.